The number of rotatable bonds is 6. The van der Waals surface area contributed by atoms with E-state index in [1.807, 2.05) is 35.0 Å². The number of benzene rings is 1. The monoisotopic (exact) mass is 378 g/mol. The van der Waals surface area contributed by atoms with Gasteiger partial charge in [0.1, 0.15) is 11.9 Å². The van der Waals surface area contributed by atoms with Crippen molar-refractivity contribution in [2.45, 2.75) is 31.8 Å². The van der Waals surface area contributed by atoms with Crippen molar-refractivity contribution in [1.29, 1.82) is 0 Å². The van der Waals surface area contributed by atoms with Crippen molar-refractivity contribution in [3.05, 3.63) is 42.6 Å². The lowest BCUT2D eigenvalue weighted by atomic mass is 10.1. The van der Waals surface area contributed by atoms with E-state index in [-0.39, 0.29) is 6.10 Å². The third-order valence-corrected chi connectivity index (χ3v) is 5.54. The third kappa shape index (κ3) is 3.83. The molecule has 0 amide bonds. The van der Waals surface area contributed by atoms with Gasteiger partial charge in [0.15, 0.2) is 5.65 Å². The molecule has 5 rings (SSSR count). The maximum absolute atomic E-state index is 6.15. The van der Waals surface area contributed by atoms with E-state index in [1.165, 1.54) is 12.8 Å². The third-order valence-electron chi connectivity index (χ3n) is 5.54. The van der Waals surface area contributed by atoms with Gasteiger partial charge in [-0.2, -0.15) is 0 Å². The summed E-state index contributed by atoms with van der Waals surface area (Å²) in [6.45, 7) is 2.91. The van der Waals surface area contributed by atoms with Crippen LogP contribution in [0.3, 0.4) is 0 Å². The summed E-state index contributed by atoms with van der Waals surface area (Å²) >= 11 is 0. The van der Waals surface area contributed by atoms with Gasteiger partial charge >= 0.3 is 0 Å². The number of hydrogen-bond acceptors (Lipinski definition) is 5. The van der Waals surface area contributed by atoms with Gasteiger partial charge in [0, 0.05) is 18.2 Å². The molecule has 1 atom stereocenters. The smallest absolute Gasteiger partial charge is 0.232 e. The van der Waals surface area contributed by atoms with Crippen LogP contribution in [0.1, 0.15) is 25.7 Å². The SMILES string of the molecule is CN1CCCC(Oc2ccc3ncc(-c4ccc(OCC5CC5)cc4)n3n2)C1. The fourth-order valence-corrected chi connectivity index (χ4v) is 3.72. The maximum Gasteiger partial charge on any atom is 0.232 e. The Labute approximate surface area is 165 Å². The van der Waals surface area contributed by atoms with Crippen LogP contribution in [0, 0.1) is 5.92 Å². The van der Waals surface area contributed by atoms with Crippen molar-refractivity contribution in [2.24, 2.45) is 5.92 Å². The van der Waals surface area contributed by atoms with Crippen molar-refractivity contribution in [1.82, 2.24) is 19.5 Å². The summed E-state index contributed by atoms with van der Waals surface area (Å²) in [5.41, 5.74) is 2.83. The molecule has 3 heterocycles. The molecule has 0 N–H and O–H groups in total. The molecular formula is C22H26N4O2. The molecule has 1 saturated heterocycles. The molecule has 6 nitrogen and oxygen atoms in total. The van der Waals surface area contributed by atoms with Crippen LogP contribution in [0.5, 0.6) is 11.6 Å². The predicted octanol–water partition coefficient (Wildman–Crippen LogP) is 3.66. The van der Waals surface area contributed by atoms with Gasteiger partial charge in [-0.25, -0.2) is 9.50 Å². The molecule has 2 aliphatic rings. The first kappa shape index (κ1) is 17.5. The number of ether oxygens (including phenoxy) is 2. The summed E-state index contributed by atoms with van der Waals surface area (Å²) in [5.74, 6) is 2.32. The van der Waals surface area contributed by atoms with E-state index in [1.54, 1.807) is 0 Å². The standard InChI is InChI=1S/C22H26N4O2/c1-25-12-2-3-19(14-25)28-22-11-10-21-23-13-20(26(21)24-22)17-6-8-18(9-7-17)27-15-16-4-5-16/h6-11,13,16,19H,2-5,12,14-15H2,1H3. The largest absolute Gasteiger partial charge is 0.493 e. The van der Waals surface area contributed by atoms with Crippen molar-refractivity contribution in [2.75, 3.05) is 26.7 Å². The molecule has 0 bridgehead atoms. The summed E-state index contributed by atoms with van der Waals surface area (Å²) < 4.78 is 13.9. The average molecular weight is 378 g/mol. The van der Waals surface area contributed by atoms with Gasteiger partial charge in [-0.05, 0) is 75.5 Å². The highest BCUT2D eigenvalue weighted by atomic mass is 16.5. The van der Waals surface area contributed by atoms with Crippen molar-refractivity contribution < 1.29 is 9.47 Å². The van der Waals surface area contributed by atoms with Crippen LogP contribution in [-0.4, -0.2) is 52.3 Å². The van der Waals surface area contributed by atoms with Crippen molar-refractivity contribution in [3.8, 4) is 22.9 Å². The van der Waals surface area contributed by atoms with Gasteiger partial charge in [-0.3, -0.25) is 0 Å². The molecular weight excluding hydrogens is 352 g/mol. The number of likely N-dealkylation sites (tertiary alicyclic amines) is 1. The van der Waals surface area contributed by atoms with Crippen LogP contribution in [0.4, 0.5) is 0 Å². The van der Waals surface area contributed by atoms with E-state index in [2.05, 4.69) is 29.1 Å². The van der Waals surface area contributed by atoms with E-state index < -0.39 is 0 Å². The zero-order valence-electron chi connectivity index (χ0n) is 16.3. The van der Waals surface area contributed by atoms with Crippen LogP contribution < -0.4 is 9.47 Å². The Hall–Kier alpha value is -2.60. The molecule has 2 fully saturated rings. The van der Waals surface area contributed by atoms with E-state index >= 15 is 0 Å². The lowest BCUT2D eigenvalue weighted by Crippen LogP contribution is -2.38. The molecule has 0 spiro atoms. The lowest BCUT2D eigenvalue weighted by molar-refractivity contribution is 0.0988. The van der Waals surface area contributed by atoms with Crippen molar-refractivity contribution in [3.63, 3.8) is 0 Å². The van der Waals surface area contributed by atoms with E-state index in [0.29, 0.717) is 5.88 Å². The zero-order chi connectivity index (χ0) is 18.9. The van der Waals surface area contributed by atoms with Gasteiger partial charge in [0.2, 0.25) is 5.88 Å². The average Bonchev–Trinajstić information content (AvgIpc) is 3.45. The Balaban J connectivity index is 1.35. The fourth-order valence-electron chi connectivity index (χ4n) is 3.72. The molecule has 1 unspecified atom stereocenters. The Bertz CT molecular complexity index is 949. The number of fused-ring (bicyclic) bond motifs is 1. The number of hydrogen-bond donors (Lipinski definition) is 0. The first-order chi connectivity index (χ1) is 13.7. The maximum atomic E-state index is 6.15. The van der Waals surface area contributed by atoms with Crippen LogP contribution in [0.15, 0.2) is 42.6 Å². The lowest BCUT2D eigenvalue weighted by Gasteiger charge is -2.29. The quantitative estimate of drug-likeness (QED) is 0.655. The second-order valence-electron chi connectivity index (χ2n) is 8.01. The predicted molar refractivity (Wildman–Crippen MR) is 108 cm³/mol. The van der Waals surface area contributed by atoms with Gasteiger partial charge < -0.3 is 14.4 Å². The normalized spacial score (nSPS) is 20.4. The topological polar surface area (TPSA) is 51.9 Å². The van der Waals surface area contributed by atoms with Crippen LogP contribution in [-0.2, 0) is 0 Å². The fraction of sp³-hybridized carbons (Fsp3) is 0.455. The first-order valence-electron chi connectivity index (χ1n) is 10.2. The Morgan fingerprint density at radius 1 is 1.07 bits per heavy atom. The Morgan fingerprint density at radius 2 is 1.93 bits per heavy atom. The molecule has 1 saturated carbocycles. The highest BCUT2D eigenvalue weighted by molar-refractivity contribution is 5.63. The van der Waals surface area contributed by atoms with E-state index in [9.17, 15) is 0 Å². The minimum absolute atomic E-state index is 0.193. The molecule has 1 aliphatic carbocycles. The summed E-state index contributed by atoms with van der Waals surface area (Å²) in [6.07, 6.45) is 6.89. The van der Waals surface area contributed by atoms with Gasteiger partial charge in [-0.15, -0.1) is 5.10 Å². The molecule has 28 heavy (non-hydrogen) atoms. The molecule has 6 heteroatoms. The van der Waals surface area contributed by atoms with Crippen LogP contribution in [0.2, 0.25) is 0 Å². The van der Waals surface area contributed by atoms with Crippen LogP contribution >= 0.6 is 0 Å². The highest BCUT2D eigenvalue weighted by Crippen LogP contribution is 2.30. The van der Waals surface area contributed by atoms with Crippen molar-refractivity contribution >= 4 is 5.65 Å². The summed E-state index contributed by atoms with van der Waals surface area (Å²) in [4.78, 5) is 6.80. The summed E-state index contributed by atoms with van der Waals surface area (Å²) in [7, 11) is 2.14. The summed E-state index contributed by atoms with van der Waals surface area (Å²) in [5, 5.41) is 4.70. The second-order valence-corrected chi connectivity index (χ2v) is 8.01. The molecule has 2 aromatic heterocycles. The number of likely N-dealkylation sites (N-methyl/N-ethyl adjacent to an activating group) is 1. The van der Waals surface area contributed by atoms with E-state index in [0.717, 1.165) is 61.1 Å². The van der Waals surface area contributed by atoms with Gasteiger partial charge in [-0.1, -0.05) is 0 Å². The molecule has 146 valence electrons. The highest BCUT2D eigenvalue weighted by Gasteiger charge is 2.22. The van der Waals surface area contributed by atoms with E-state index in [4.69, 9.17) is 14.6 Å². The summed E-state index contributed by atoms with van der Waals surface area (Å²) in [6, 6.07) is 12.1. The Kier molecular flexibility index (Phi) is 4.64. The van der Waals surface area contributed by atoms with Gasteiger partial charge in [0.05, 0.1) is 18.5 Å². The van der Waals surface area contributed by atoms with Gasteiger partial charge in [0.25, 0.3) is 0 Å². The molecule has 3 aromatic rings. The number of piperidine rings is 1. The Morgan fingerprint density at radius 3 is 2.71 bits per heavy atom. The number of aromatic nitrogens is 3. The molecule has 0 radical (unpaired) electrons. The second kappa shape index (κ2) is 7.43. The zero-order valence-corrected chi connectivity index (χ0v) is 16.3. The number of imidazole rings is 1. The first-order valence-corrected chi connectivity index (χ1v) is 10.2. The number of nitrogens with zero attached hydrogens (tertiary/aromatic N) is 4. The van der Waals surface area contributed by atoms with Crippen LogP contribution in [0.25, 0.3) is 16.9 Å². The molecule has 1 aromatic carbocycles. The minimum atomic E-state index is 0.193. The molecule has 1 aliphatic heterocycles. The minimum Gasteiger partial charge on any atom is -0.493 e.